The van der Waals surface area contributed by atoms with E-state index >= 15 is 0 Å². The van der Waals surface area contributed by atoms with Crippen molar-refractivity contribution < 1.29 is 4.79 Å². The molecule has 0 bridgehead atoms. The van der Waals surface area contributed by atoms with Gasteiger partial charge in [-0.1, -0.05) is 42.8 Å². The molecule has 1 aromatic carbocycles. The number of thioether (sulfide) groups is 1. The largest absolute Gasteiger partial charge is 0.336 e. The second kappa shape index (κ2) is 8.38. The number of anilines is 1. The Morgan fingerprint density at radius 3 is 2.52 bits per heavy atom. The lowest BCUT2D eigenvalue weighted by Gasteiger charge is -2.16. The quantitative estimate of drug-likeness (QED) is 0.583. The summed E-state index contributed by atoms with van der Waals surface area (Å²) in [5.74, 6) is 6.73. The number of nitrogens with one attached hydrogen (secondary N) is 1. The van der Waals surface area contributed by atoms with Crippen molar-refractivity contribution in [2.75, 3.05) is 11.2 Å². The Morgan fingerprint density at radius 1 is 1.28 bits per heavy atom. The third kappa shape index (κ3) is 4.75. The number of nitrogens with zero attached hydrogens (tertiary/aromatic N) is 3. The monoisotopic (exact) mass is 361 g/mol. The van der Waals surface area contributed by atoms with Crippen LogP contribution in [0.2, 0.25) is 0 Å². The van der Waals surface area contributed by atoms with Gasteiger partial charge in [0.2, 0.25) is 11.1 Å². The molecule has 0 aliphatic heterocycles. The predicted octanol–water partition coefficient (Wildman–Crippen LogP) is 3.38. The molecule has 0 unspecified atom stereocenters. The molecule has 0 aliphatic rings. The van der Waals surface area contributed by atoms with Gasteiger partial charge in [-0.15, -0.1) is 10.2 Å². The Balaban J connectivity index is 2.05. The molecule has 136 valence electrons. The highest BCUT2D eigenvalue weighted by atomic mass is 32.2. The fourth-order valence-corrected chi connectivity index (χ4v) is 3.50. The highest BCUT2D eigenvalue weighted by Gasteiger charge is 2.20. The third-order valence-electron chi connectivity index (χ3n) is 4.07. The summed E-state index contributed by atoms with van der Waals surface area (Å²) in [6.07, 6.45) is 2.88. The zero-order valence-corrected chi connectivity index (χ0v) is 16.4. The summed E-state index contributed by atoms with van der Waals surface area (Å²) in [5.41, 5.74) is 4.19. The molecule has 3 N–H and O–H groups in total. The van der Waals surface area contributed by atoms with Gasteiger partial charge in [0, 0.05) is 12.1 Å². The first-order chi connectivity index (χ1) is 11.8. The summed E-state index contributed by atoms with van der Waals surface area (Å²) in [6, 6.07) is 4.13. The van der Waals surface area contributed by atoms with Crippen molar-refractivity contribution >= 4 is 23.4 Å². The standard InChI is InChI=1S/C18H27N5OS/c1-6-7-8-15-21-22-18(23(15)19)25-14(5)17(24)20-16-12(3)9-11(2)10-13(16)4/h9-10,14H,6-8,19H2,1-5H3,(H,20,24)/t14-/m0/s1. The summed E-state index contributed by atoms with van der Waals surface area (Å²) in [5, 5.41) is 11.5. The Kier molecular flexibility index (Phi) is 6.47. The minimum absolute atomic E-state index is 0.0711. The molecule has 0 aliphatic carbocycles. The van der Waals surface area contributed by atoms with E-state index in [1.165, 1.54) is 22.0 Å². The van der Waals surface area contributed by atoms with E-state index in [-0.39, 0.29) is 11.2 Å². The number of aromatic nitrogens is 3. The number of nitrogen functional groups attached to an aromatic ring is 1. The summed E-state index contributed by atoms with van der Waals surface area (Å²) < 4.78 is 1.49. The van der Waals surface area contributed by atoms with Crippen LogP contribution in [-0.4, -0.2) is 26.0 Å². The molecule has 0 saturated heterocycles. The smallest absolute Gasteiger partial charge is 0.237 e. The zero-order chi connectivity index (χ0) is 18.6. The van der Waals surface area contributed by atoms with Crippen LogP contribution in [-0.2, 0) is 11.2 Å². The SMILES string of the molecule is CCCCc1nnc(S[C@@H](C)C(=O)Nc2c(C)cc(C)cc2C)n1N. The van der Waals surface area contributed by atoms with Crippen LogP contribution in [0.25, 0.3) is 0 Å². The molecule has 0 spiro atoms. The topological polar surface area (TPSA) is 85.8 Å². The molecule has 25 heavy (non-hydrogen) atoms. The average molecular weight is 362 g/mol. The summed E-state index contributed by atoms with van der Waals surface area (Å²) >= 11 is 1.32. The van der Waals surface area contributed by atoms with E-state index in [2.05, 4.69) is 34.6 Å². The van der Waals surface area contributed by atoms with Gasteiger partial charge < -0.3 is 11.2 Å². The molecule has 1 heterocycles. The van der Waals surface area contributed by atoms with E-state index in [4.69, 9.17) is 5.84 Å². The van der Waals surface area contributed by atoms with Gasteiger partial charge in [-0.2, -0.15) is 0 Å². The Labute approximate surface area is 153 Å². The van der Waals surface area contributed by atoms with Crippen molar-refractivity contribution in [2.45, 2.75) is 64.3 Å². The molecule has 1 atom stereocenters. The third-order valence-corrected chi connectivity index (χ3v) is 5.12. The first kappa shape index (κ1) is 19.3. The minimum atomic E-state index is -0.328. The fourth-order valence-electron chi connectivity index (χ4n) is 2.71. The lowest BCUT2D eigenvalue weighted by molar-refractivity contribution is -0.115. The molecule has 1 amide bonds. The van der Waals surface area contributed by atoms with Gasteiger partial charge in [0.05, 0.1) is 5.25 Å². The van der Waals surface area contributed by atoms with Crippen molar-refractivity contribution in [2.24, 2.45) is 0 Å². The number of rotatable bonds is 7. The fraction of sp³-hybridized carbons (Fsp3) is 0.500. The number of carbonyl (C=O) groups excluding carboxylic acids is 1. The second-order valence-corrected chi connectivity index (χ2v) is 7.70. The van der Waals surface area contributed by atoms with Crippen molar-refractivity contribution in [3.63, 3.8) is 0 Å². The van der Waals surface area contributed by atoms with Gasteiger partial charge in [-0.25, -0.2) is 4.68 Å². The number of carbonyl (C=O) groups is 1. The van der Waals surface area contributed by atoms with Gasteiger partial charge in [0.1, 0.15) is 0 Å². The highest BCUT2D eigenvalue weighted by Crippen LogP contribution is 2.25. The lowest BCUT2D eigenvalue weighted by Crippen LogP contribution is -2.24. The summed E-state index contributed by atoms with van der Waals surface area (Å²) in [6.45, 7) is 10.0. The molecule has 2 aromatic rings. The molecule has 0 saturated carbocycles. The maximum atomic E-state index is 12.6. The van der Waals surface area contributed by atoms with Crippen LogP contribution in [0.3, 0.4) is 0 Å². The molecule has 1 aromatic heterocycles. The van der Waals surface area contributed by atoms with E-state index in [1.54, 1.807) is 0 Å². The highest BCUT2D eigenvalue weighted by molar-refractivity contribution is 8.00. The number of nitrogens with two attached hydrogens (primary N) is 1. The van der Waals surface area contributed by atoms with Crippen molar-refractivity contribution in [1.82, 2.24) is 14.9 Å². The average Bonchev–Trinajstić information content (AvgIpc) is 2.88. The number of benzene rings is 1. The molecular formula is C18H27N5OS. The molecule has 7 heteroatoms. The molecule has 2 rings (SSSR count). The maximum absolute atomic E-state index is 12.6. The van der Waals surface area contributed by atoms with Crippen molar-refractivity contribution in [3.05, 3.63) is 34.6 Å². The van der Waals surface area contributed by atoms with Crippen molar-refractivity contribution in [3.8, 4) is 0 Å². The van der Waals surface area contributed by atoms with Crippen LogP contribution in [0.4, 0.5) is 5.69 Å². The number of aryl methyl sites for hydroxylation is 4. The number of unbranched alkanes of at least 4 members (excludes halogenated alkanes) is 1. The predicted molar refractivity (Wildman–Crippen MR) is 103 cm³/mol. The Morgan fingerprint density at radius 2 is 1.92 bits per heavy atom. The first-order valence-corrected chi connectivity index (χ1v) is 9.46. The van der Waals surface area contributed by atoms with Crippen LogP contribution < -0.4 is 11.2 Å². The zero-order valence-electron chi connectivity index (χ0n) is 15.6. The number of amides is 1. The molecule has 0 fully saturated rings. The van der Waals surface area contributed by atoms with Crippen LogP contribution >= 0.6 is 11.8 Å². The normalized spacial score (nSPS) is 12.2. The van der Waals surface area contributed by atoms with E-state index < -0.39 is 0 Å². The number of hydrogen-bond donors (Lipinski definition) is 2. The summed E-state index contributed by atoms with van der Waals surface area (Å²) in [7, 11) is 0. The van der Waals surface area contributed by atoms with Crippen LogP contribution in [0.15, 0.2) is 17.3 Å². The van der Waals surface area contributed by atoms with E-state index in [0.29, 0.717) is 5.16 Å². The Hall–Kier alpha value is -2.02. The summed E-state index contributed by atoms with van der Waals surface area (Å²) in [4.78, 5) is 12.6. The van der Waals surface area contributed by atoms with Crippen molar-refractivity contribution in [1.29, 1.82) is 0 Å². The van der Waals surface area contributed by atoms with E-state index in [1.807, 2.05) is 27.7 Å². The van der Waals surface area contributed by atoms with Crippen LogP contribution in [0.1, 0.15) is 49.2 Å². The van der Waals surface area contributed by atoms with Gasteiger partial charge in [0.25, 0.3) is 0 Å². The molecule has 6 nitrogen and oxygen atoms in total. The van der Waals surface area contributed by atoms with Crippen LogP contribution in [0, 0.1) is 20.8 Å². The second-order valence-electron chi connectivity index (χ2n) is 6.40. The van der Waals surface area contributed by atoms with E-state index in [0.717, 1.165) is 41.9 Å². The molecular weight excluding hydrogens is 334 g/mol. The van der Waals surface area contributed by atoms with Crippen LogP contribution in [0.5, 0.6) is 0 Å². The minimum Gasteiger partial charge on any atom is -0.336 e. The first-order valence-electron chi connectivity index (χ1n) is 8.58. The maximum Gasteiger partial charge on any atom is 0.237 e. The van der Waals surface area contributed by atoms with E-state index in [9.17, 15) is 4.79 Å². The van der Waals surface area contributed by atoms with Gasteiger partial charge in [-0.05, 0) is 45.2 Å². The lowest BCUT2D eigenvalue weighted by atomic mass is 10.1. The van der Waals surface area contributed by atoms with Gasteiger partial charge in [-0.3, -0.25) is 4.79 Å². The van der Waals surface area contributed by atoms with Gasteiger partial charge >= 0.3 is 0 Å². The number of hydrogen-bond acceptors (Lipinski definition) is 5. The Bertz CT molecular complexity index is 733. The van der Waals surface area contributed by atoms with Gasteiger partial charge in [0.15, 0.2) is 5.82 Å². The molecule has 0 radical (unpaired) electrons.